The van der Waals surface area contributed by atoms with Crippen LogP contribution in [0.3, 0.4) is 0 Å². The average molecular weight is 248 g/mol. The van der Waals surface area contributed by atoms with Crippen molar-refractivity contribution in [2.24, 2.45) is 5.73 Å². The number of rotatable bonds is 3. The molecule has 0 spiro atoms. The van der Waals surface area contributed by atoms with Gasteiger partial charge in [0, 0.05) is 23.2 Å². The number of carbonyl (C=O) groups is 1. The smallest absolute Gasteiger partial charge is 0.325 e. The van der Waals surface area contributed by atoms with E-state index in [9.17, 15) is 9.90 Å². The van der Waals surface area contributed by atoms with Gasteiger partial charge < -0.3 is 20.5 Å². The fourth-order valence-electron chi connectivity index (χ4n) is 2.45. The van der Waals surface area contributed by atoms with Crippen LogP contribution in [0.15, 0.2) is 18.2 Å². The van der Waals surface area contributed by atoms with Gasteiger partial charge in [-0.25, -0.2) is 0 Å². The molecule has 0 aliphatic rings. The number of benzene rings is 1. The molecule has 0 saturated carbocycles. The van der Waals surface area contributed by atoms with E-state index in [-0.39, 0.29) is 5.75 Å². The van der Waals surface area contributed by atoms with Gasteiger partial charge in [-0.05, 0) is 19.9 Å². The van der Waals surface area contributed by atoms with E-state index in [0.29, 0.717) is 23.0 Å². The highest BCUT2D eigenvalue weighted by Gasteiger charge is 2.24. The van der Waals surface area contributed by atoms with Crippen molar-refractivity contribution in [2.45, 2.75) is 26.4 Å². The van der Waals surface area contributed by atoms with E-state index in [2.05, 4.69) is 0 Å². The minimum atomic E-state index is -1.08. The van der Waals surface area contributed by atoms with Gasteiger partial charge in [0.25, 0.3) is 0 Å². The van der Waals surface area contributed by atoms with E-state index in [1.807, 2.05) is 18.4 Å². The Hall–Kier alpha value is -2.01. The fourth-order valence-corrected chi connectivity index (χ4v) is 2.45. The highest BCUT2D eigenvalue weighted by atomic mass is 16.4. The summed E-state index contributed by atoms with van der Waals surface area (Å²) in [5.41, 5.74) is 7.72. The zero-order valence-electron chi connectivity index (χ0n) is 10.3. The highest BCUT2D eigenvalue weighted by Crippen LogP contribution is 2.34. The molecule has 2 aromatic rings. The van der Waals surface area contributed by atoms with Crippen LogP contribution in [-0.2, 0) is 11.3 Å². The summed E-state index contributed by atoms with van der Waals surface area (Å²) in [6.45, 7) is 4.41. The molecule has 1 atom stereocenters. The van der Waals surface area contributed by atoms with Crippen molar-refractivity contribution in [3.05, 3.63) is 29.5 Å². The van der Waals surface area contributed by atoms with Gasteiger partial charge in [0.2, 0.25) is 0 Å². The predicted octanol–water partition coefficient (Wildman–Crippen LogP) is 1.76. The molecule has 0 aliphatic carbocycles. The van der Waals surface area contributed by atoms with E-state index >= 15 is 0 Å². The summed E-state index contributed by atoms with van der Waals surface area (Å²) in [7, 11) is 0. The molecule has 5 heteroatoms. The lowest BCUT2D eigenvalue weighted by atomic mass is 10.0. The number of fused-ring (bicyclic) bond motifs is 1. The maximum absolute atomic E-state index is 11.1. The van der Waals surface area contributed by atoms with Gasteiger partial charge in [0.05, 0.1) is 5.52 Å². The van der Waals surface area contributed by atoms with E-state index < -0.39 is 12.0 Å². The maximum Gasteiger partial charge on any atom is 0.325 e. The Labute approximate surface area is 104 Å². The SMILES string of the molecule is CCn1c(C)c(C(N)C(=O)O)c2cccc(O)c21. The second kappa shape index (κ2) is 4.34. The van der Waals surface area contributed by atoms with Crippen LogP contribution in [0, 0.1) is 6.92 Å². The molecule has 0 aliphatic heterocycles. The number of nitrogens with zero attached hydrogens (tertiary/aromatic N) is 1. The Balaban J connectivity index is 2.86. The number of hydrogen-bond donors (Lipinski definition) is 3. The molecule has 18 heavy (non-hydrogen) atoms. The van der Waals surface area contributed by atoms with Crippen LogP contribution < -0.4 is 5.73 Å². The van der Waals surface area contributed by atoms with Gasteiger partial charge in [0.1, 0.15) is 11.8 Å². The first-order valence-electron chi connectivity index (χ1n) is 5.78. The largest absolute Gasteiger partial charge is 0.506 e. The molecule has 1 aromatic heterocycles. The van der Waals surface area contributed by atoms with Crippen LogP contribution in [0.4, 0.5) is 0 Å². The molecule has 0 radical (unpaired) electrons. The molecule has 1 aromatic carbocycles. The molecular weight excluding hydrogens is 232 g/mol. The highest BCUT2D eigenvalue weighted by molar-refractivity contribution is 5.94. The number of aryl methyl sites for hydroxylation is 1. The minimum Gasteiger partial charge on any atom is -0.506 e. The van der Waals surface area contributed by atoms with Gasteiger partial charge in [-0.3, -0.25) is 4.79 Å². The number of phenolic OH excluding ortho intramolecular Hbond substituents is 1. The summed E-state index contributed by atoms with van der Waals surface area (Å²) < 4.78 is 1.88. The lowest BCUT2D eigenvalue weighted by Gasteiger charge is -2.08. The van der Waals surface area contributed by atoms with Crippen molar-refractivity contribution in [3.63, 3.8) is 0 Å². The van der Waals surface area contributed by atoms with Crippen LogP contribution in [-0.4, -0.2) is 20.7 Å². The van der Waals surface area contributed by atoms with Gasteiger partial charge in [-0.2, -0.15) is 0 Å². The number of aliphatic carboxylic acids is 1. The van der Waals surface area contributed by atoms with Crippen molar-refractivity contribution < 1.29 is 15.0 Å². The van der Waals surface area contributed by atoms with Crippen molar-refractivity contribution in [1.82, 2.24) is 4.57 Å². The van der Waals surface area contributed by atoms with Crippen LogP contribution in [0.5, 0.6) is 5.75 Å². The molecule has 0 saturated heterocycles. The summed E-state index contributed by atoms with van der Waals surface area (Å²) in [5, 5.41) is 19.7. The second-order valence-electron chi connectivity index (χ2n) is 4.23. The van der Waals surface area contributed by atoms with Crippen molar-refractivity contribution in [1.29, 1.82) is 0 Å². The Morgan fingerprint density at radius 3 is 2.72 bits per heavy atom. The summed E-state index contributed by atoms with van der Waals surface area (Å²) in [5.74, 6) is -0.933. The van der Waals surface area contributed by atoms with Crippen molar-refractivity contribution in [2.75, 3.05) is 0 Å². The Morgan fingerprint density at radius 2 is 2.17 bits per heavy atom. The third kappa shape index (κ3) is 1.64. The molecular formula is C13H16N2O3. The van der Waals surface area contributed by atoms with E-state index in [4.69, 9.17) is 10.8 Å². The first kappa shape index (κ1) is 12.4. The monoisotopic (exact) mass is 248 g/mol. The quantitative estimate of drug-likeness (QED) is 0.772. The minimum absolute atomic E-state index is 0.140. The number of hydrogen-bond acceptors (Lipinski definition) is 3. The molecule has 1 unspecified atom stereocenters. The zero-order valence-corrected chi connectivity index (χ0v) is 10.3. The van der Waals surface area contributed by atoms with Crippen LogP contribution >= 0.6 is 0 Å². The standard InChI is InChI=1S/C13H16N2O3/c1-3-15-7(2)10(11(14)13(17)18)8-5-4-6-9(16)12(8)15/h4-6,11,16H,3,14H2,1-2H3,(H,17,18). The predicted molar refractivity (Wildman–Crippen MR) is 68.6 cm³/mol. The third-order valence-electron chi connectivity index (χ3n) is 3.26. The number of para-hydroxylation sites is 1. The number of carboxylic acids is 1. The maximum atomic E-state index is 11.1. The zero-order chi connectivity index (χ0) is 13.4. The van der Waals surface area contributed by atoms with Gasteiger partial charge in [-0.1, -0.05) is 12.1 Å². The number of aromatic hydroxyl groups is 1. The molecule has 1 heterocycles. The number of carboxylic acid groups (broad SMARTS) is 1. The first-order chi connectivity index (χ1) is 8.49. The average Bonchev–Trinajstić information content (AvgIpc) is 2.61. The van der Waals surface area contributed by atoms with Crippen molar-refractivity contribution >= 4 is 16.9 Å². The van der Waals surface area contributed by atoms with Gasteiger partial charge >= 0.3 is 5.97 Å². The van der Waals surface area contributed by atoms with Crippen LogP contribution in [0.1, 0.15) is 24.2 Å². The summed E-state index contributed by atoms with van der Waals surface area (Å²) in [6.07, 6.45) is 0. The Kier molecular flexibility index (Phi) is 3.00. The summed E-state index contributed by atoms with van der Waals surface area (Å²) in [6, 6.07) is 3.98. The third-order valence-corrected chi connectivity index (χ3v) is 3.26. The van der Waals surface area contributed by atoms with E-state index in [1.165, 1.54) is 0 Å². The molecule has 0 amide bonds. The van der Waals surface area contributed by atoms with Crippen LogP contribution in [0.25, 0.3) is 10.9 Å². The summed E-state index contributed by atoms with van der Waals surface area (Å²) >= 11 is 0. The topological polar surface area (TPSA) is 88.5 Å². The number of nitrogens with two attached hydrogens (primary N) is 1. The van der Waals surface area contributed by atoms with Gasteiger partial charge in [0.15, 0.2) is 0 Å². The second-order valence-corrected chi connectivity index (χ2v) is 4.23. The Bertz CT molecular complexity index is 616. The molecule has 4 N–H and O–H groups in total. The molecule has 0 fully saturated rings. The van der Waals surface area contributed by atoms with E-state index in [1.54, 1.807) is 18.2 Å². The lowest BCUT2D eigenvalue weighted by Crippen LogP contribution is -2.21. The van der Waals surface area contributed by atoms with Crippen LogP contribution in [0.2, 0.25) is 0 Å². The van der Waals surface area contributed by atoms with E-state index in [0.717, 1.165) is 5.69 Å². The normalized spacial score (nSPS) is 12.8. The number of aromatic nitrogens is 1. The lowest BCUT2D eigenvalue weighted by molar-refractivity contribution is -0.138. The van der Waals surface area contributed by atoms with Crippen molar-refractivity contribution in [3.8, 4) is 5.75 Å². The summed E-state index contributed by atoms with van der Waals surface area (Å²) in [4.78, 5) is 11.1. The Morgan fingerprint density at radius 1 is 1.50 bits per heavy atom. The number of phenols is 1. The molecule has 5 nitrogen and oxygen atoms in total. The molecule has 2 rings (SSSR count). The van der Waals surface area contributed by atoms with Gasteiger partial charge in [-0.15, -0.1) is 0 Å². The molecule has 96 valence electrons. The molecule has 0 bridgehead atoms. The first-order valence-corrected chi connectivity index (χ1v) is 5.78. The fraction of sp³-hybridized carbons (Fsp3) is 0.308.